The topological polar surface area (TPSA) is 38.3 Å². The van der Waals surface area contributed by atoms with Gasteiger partial charge in [-0.25, -0.2) is 0 Å². The van der Waals surface area contributed by atoms with E-state index in [1.54, 1.807) is 11.3 Å². The van der Waals surface area contributed by atoms with Gasteiger partial charge in [0.25, 0.3) is 0 Å². The number of carbonyl (C=O) groups excluding carboxylic acids is 1. The van der Waals surface area contributed by atoms with Gasteiger partial charge in [-0.05, 0) is 30.8 Å². The minimum atomic E-state index is -0.119. The van der Waals surface area contributed by atoms with Gasteiger partial charge in [-0.3, -0.25) is 4.79 Å². The van der Waals surface area contributed by atoms with E-state index in [1.807, 2.05) is 6.92 Å². The van der Waals surface area contributed by atoms with Crippen LogP contribution in [0.5, 0.6) is 0 Å². The minimum absolute atomic E-state index is 0.0201. The molecule has 0 radical (unpaired) electrons. The third kappa shape index (κ3) is 4.33. The van der Waals surface area contributed by atoms with Crippen LogP contribution in [0, 0.1) is 5.92 Å². The molecule has 0 aliphatic rings. The number of methoxy groups -OCH3 is 1. The van der Waals surface area contributed by atoms with Crippen molar-refractivity contribution in [3.8, 4) is 0 Å². The van der Waals surface area contributed by atoms with E-state index < -0.39 is 0 Å². The molecule has 0 amide bonds. The smallest absolute Gasteiger partial charge is 0.309 e. The molecule has 16 heavy (non-hydrogen) atoms. The van der Waals surface area contributed by atoms with Gasteiger partial charge in [-0.1, -0.05) is 13.0 Å². The summed E-state index contributed by atoms with van der Waals surface area (Å²) >= 11 is 1.77. The first kappa shape index (κ1) is 13.2. The lowest BCUT2D eigenvalue weighted by molar-refractivity contribution is -0.145. The van der Waals surface area contributed by atoms with Crippen LogP contribution in [0.4, 0.5) is 0 Å². The monoisotopic (exact) mass is 241 g/mol. The predicted octanol–water partition coefficient (Wildman–Crippen LogP) is 2.08. The van der Waals surface area contributed by atoms with Crippen LogP contribution < -0.4 is 5.32 Å². The maximum atomic E-state index is 11.3. The lowest BCUT2D eigenvalue weighted by atomic mass is 10.1. The zero-order valence-corrected chi connectivity index (χ0v) is 10.7. The molecule has 1 rings (SSSR count). The third-order valence-electron chi connectivity index (χ3n) is 2.55. The van der Waals surface area contributed by atoms with Crippen molar-refractivity contribution in [3.05, 3.63) is 22.4 Å². The molecular formula is C12H19NO2S. The molecule has 0 aliphatic heterocycles. The fourth-order valence-corrected chi connectivity index (χ4v) is 2.21. The number of esters is 1. The number of nitrogens with one attached hydrogen (secondary N) is 1. The molecule has 0 fully saturated rings. The number of thiophene rings is 1. The second kappa shape index (κ2) is 7.41. The Hall–Kier alpha value is -0.870. The highest BCUT2D eigenvalue weighted by molar-refractivity contribution is 7.09. The van der Waals surface area contributed by atoms with Crippen molar-refractivity contribution in [2.24, 2.45) is 5.92 Å². The molecule has 0 bridgehead atoms. The zero-order chi connectivity index (χ0) is 11.8. The zero-order valence-electron chi connectivity index (χ0n) is 9.86. The molecule has 0 aliphatic carbocycles. The highest BCUT2D eigenvalue weighted by Gasteiger charge is 2.15. The Morgan fingerprint density at radius 2 is 2.44 bits per heavy atom. The van der Waals surface area contributed by atoms with Crippen LogP contribution in [0.25, 0.3) is 0 Å². The minimum Gasteiger partial charge on any atom is -0.469 e. The van der Waals surface area contributed by atoms with Crippen LogP contribution in [0.3, 0.4) is 0 Å². The normalized spacial score (nSPS) is 12.4. The molecule has 1 aromatic heterocycles. The maximum Gasteiger partial charge on any atom is 0.309 e. The van der Waals surface area contributed by atoms with Crippen molar-refractivity contribution in [2.75, 3.05) is 20.2 Å². The first-order chi connectivity index (χ1) is 7.77. The number of ether oxygens (including phenoxy) is 1. The molecule has 4 heteroatoms. The van der Waals surface area contributed by atoms with Crippen molar-refractivity contribution >= 4 is 17.3 Å². The summed E-state index contributed by atoms with van der Waals surface area (Å²) in [6.07, 6.45) is 1.84. The second-order valence-electron chi connectivity index (χ2n) is 3.66. The number of hydrogen-bond donors (Lipinski definition) is 1. The van der Waals surface area contributed by atoms with Gasteiger partial charge in [0, 0.05) is 11.4 Å². The number of rotatable bonds is 7. The fraction of sp³-hybridized carbons (Fsp3) is 0.583. The Bertz CT molecular complexity index is 298. The average Bonchev–Trinajstić information content (AvgIpc) is 2.81. The first-order valence-corrected chi connectivity index (χ1v) is 6.46. The summed E-state index contributed by atoms with van der Waals surface area (Å²) in [5, 5.41) is 5.38. The van der Waals surface area contributed by atoms with Gasteiger partial charge in [0.2, 0.25) is 0 Å². The van der Waals surface area contributed by atoms with E-state index in [9.17, 15) is 4.79 Å². The van der Waals surface area contributed by atoms with Crippen LogP contribution in [0.2, 0.25) is 0 Å². The van der Waals surface area contributed by atoms with Crippen molar-refractivity contribution in [1.82, 2.24) is 5.32 Å². The molecule has 1 N–H and O–H groups in total. The summed E-state index contributed by atoms with van der Waals surface area (Å²) in [6.45, 7) is 3.62. The van der Waals surface area contributed by atoms with E-state index >= 15 is 0 Å². The Labute approximate surface area is 101 Å². The molecule has 0 aromatic carbocycles. The van der Waals surface area contributed by atoms with Gasteiger partial charge in [-0.15, -0.1) is 11.3 Å². The first-order valence-electron chi connectivity index (χ1n) is 5.58. The van der Waals surface area contributed by atoms with Crippen molar-refractivity contribution < 1.29 is 9.53 Å². The molecule has 0 saturated carbocycles. The molecule has 1 atom stereocenters. The molecule has 3 nitrogen and oxygen atoms in total. The van der Waals surface area contributed by atoms with E-state index in [-0.39, 0.29) is 11.9 Å². The Morgan fingerprint density at radius 1 is 1.62 bits per heavy atom. The van der Waals surface area contributed by atoms with Crippen LogP contribution >= 0.6 is 11.3 Å². The van der Waals surface area contributed by atoms with Gasteiger partial charge >= 0.3 is 5.97 Å². The Morgan fingerprint density at radius 3 is 3.00 bits per heavy atom. The standard InChI is InChI=1S/C12H19NO2S/c1-3-10(12(14)15-2)9-13-7-6-11-5-4-8-16-11/h4-5,8,10,13H,3,6-7,9H2,1-2H3. The van der Waals surface area contributed by atoms with Crippen molar-refractivity contribution in [3.63, 3.8) is 0 Å². The number of hydrogen-bond acceptors (Lipinski definition) is 4. The van der Waals surface area contributed by atoms with E-state index in [0.717, 1.165) is 19.4 Å². The van der Waals surface area contributed by atoms with Gasteiger partial charge in [-0.2, -0.15) is 0 Å². The number of carbonyl (C=O) groups is 1. The van der Waals surface area contributed by atoms with Gasteiger partial charge in [0.15, 0.2) is 0 Å². The summed E-state index contributed by atoms with van der Waals surface area (Å²) < 4.78 is 4.73. The summed E-state index contributed by atoms with van der Waals surface area (Å²) in [6, 6.07) is 4.19. The van der Waals surface area contributed by atoms with Gasteiger partial charge in [0.05, 0.1) is 13.0 Å². The van der Waals surface area contributed by atoms with Crippen LogP contribution in [0.1, 0.15) is 18.2 Å². The SMILES string of the molecule is CCC(CNCCc1cccs1)C(=O)OC. The maximum absolute atomic E-state index is 11.3. The molecule has 90 valence electrons. The van der Waals surface area contributed by atoms with Gasteiger partial charge in [0.1, 0.15) is 0 Å². The van der Waals surface area contributed by atoms with E-state index in [1.165, 1.54) is 12.0 Å². The van der Waals surface area contributed by atoms with E-state index in [4.69, 9.17) is 4.74 Å². The Kier molecular flexibility index (Phi) is 6.11. The Balaban J connectivity index is 2.16. The lowest BCUT2D eigenvalue weighted by Crippen LogP contribution is -2.30. The third-order valence-corrected chi connectivity index (χ3v) is 3.48. The molecule has 1 unspecified atom stereocenters. The summed E-state index contributed by atoms with van der Waals surface area (Å²) in [5.41, 5.74) is 0. The molecule has 1 heterocycles. The predicted molar refractivity (Wildman–Crippen MR) is 66.7 cm³/mol. The average molecular weight is 241 g/mol. The van der Waals surface area contributed by atoms with Gasteiger partial charge < -0.3 is 10.1 Å². The van der Waals surface area contributed by atoms with Crippen LogP contribution in [-0.2, 0) is 16.0 Å². The summed E-state index contributed by atoms with van der Waals surface area (Å²) in [5.74, 6) is -0.139. The van der Waals surface area contributed by atoms with E-state index in [0.29, 0.717) is 6.54 Å². The van der Waals surface area contributed by atoms with E-state index in [2.05, 4.69) is 22.8 Å². The molecular weight excluding hydrogens is 222 g/mol. The molecule has 0 saturated heterocycles. The summed E-state index contributed by atoms with van der Waals surface area (Å²) in [4.78, 5) is 12.7. The second-order valence-corrected chi connectivity index (χ2v) is 4.69. The largest absolute Gasteiger partial charge is 0.469 e. The lowest BCUT2D eigenvalue weighted by Gasteiger charge is -2.12. The highest BCUT2D eigenvalue weighted by Crippen LogP contribution is 2.08. The van der Waals surface area contributed by atoms with Crippen molar-refractivity contribution in [2.45, 2.75) is 19.8 Å². The highest BCUT2D eigenvalue weighted by atomic mass is 32.1. The fourth-order valence-electron chi connectivity index (χ4n) is 1.50. The quantitative estimate of drug-likeness (QED) is 0.587. The molecule has 0 spiro atoms. The molecule has 1 aromatic rings. The van der Waals surface area contributed by atoms with Crippen molar-refractivity contribution in [1.29, 1.82) is 0 Å². The van der Waals surface area contributed by atoms with Crippen LogP contribution in [-0.4, -0.2) is 26.2 Å². The van der Waals surface area contributed by atoms with Crippen LogP contribution in [0.15, 0.2) is 17.5 Å². The summed E-state index contributed by atoms with van der Waals surface area (Å²) in [7, 11) is 1.44.